The van der Waals surface area contributed by atoms with Gasteiger partial charge in [-0.05, 0) is 75.0 Å². The Morgan fingerprint density at radius 1 is 1.00 bits per heavy atom. The van der Waals surface area contributed by atoms with E-state index in [-0.39, 0.29) is 12.4 Å². The molecule has 2 N–H and O–H groups in total. The van der Waals surface area contributed by atoms with Crippen molar-refractivity contribution in [3.63, 3.8) is 0 Å². The lowest BCUT2D eigenvalue weighted by molar-refractivity contribution is 0.360. The van der Waals surface area contributed by atoms with Crippen molar-refractivity contribution in [2.45, 2.75) is 69.4 Å². The molecule has 1 aliphatic carbocycles. The van der Waals surface area contributed by atoms with E-state index in [1.807, 2.05) is 6.20 Å². The van der Waals surface area contributed by atoms with Gasteiger partial charge in [-0.1, -0.05) is 43.5 Å². The zero-order valence-corrected chi connectivity index (χ0v) is 19.8. The number of piperidine rings is 1. The summed E-state index contributed by atoms with van der Waals surface area (Å²) in [6.45, 7) is 3.32. The Bertz CT molecular complexity index is 958. The van der Waals surface area contributed by atoms with Crippen molar-refractivity contribution < 1.29 is 0 Å². The van der Waals surface area contributed by atoms with Gasteiger partial charge in [-0.2, -0.15) is 0 Å². The van der Waals surface area contributed by atoms with Crippen molar-refractivity contribution >= 4 is 23.3 Å². The van der Waals surface area contributed by atoms with Crippen molar-refractivity contribution in [3.05, 3.63) is 66.1 Å². The summed E-state index contributed by atoms with van der Waals surface area (Å²) < 4.78 is 2.60. The molecule has 5 heteroatoms. The van der Waals surface area contributed by atoms with Gasteiger partial charge in [0.05, 0.1) is 0 Å². The Balaban J connectivity index is 0.00000245. The Labute approximate surface area is 198 Å². The Hall–Kier alpha value is -1.88. The summed E-state index contributed by atoms with van der Waals surface area (Å²) in [7, 11) is 0. The average molecular weight is 453 g/mol. The third kappa shape index (κ3) is 5.19. The maximum Gasteiger partial charge on any atom is 0.0485 e. The quantitative estimate of drug-likeness (QED) is 0.474. The number of benzene rings is 1. The van der Waals surface area contributed by atoms with Gasteiger partial charge in [-0.15, -0.1) is 12.4 Å². The van der Waals surface area contributed by atoms with Crippen LogP contribution in [0, 0.1) is 0 Å². The lowest BCUT2D eigenvalue weighted by Gasteiger charge is -2.25. The molecule has 1 saturated carbocycles. The molecule has 1 aromatic carbocycles. The van der Waals surface area contributed by atoms with Crippen LogP contribution in [0.15, 0.2) is 55.0 Å². The maximum atomic E-state index is 4.47. The van der Waals surface area contributed by atoms with Crippen molar-refractivity contribution in [2.75, 3.05) is 19.6 Å². The molecule has 172 valence electrons. The number of rotatable bonds is 7. The van der Waals surface area contributed by atoms with Gasteiger partial charge in [-0.25, -0.2) is 0 Å². The number of halogens is 1. The molecule has 1 atom stereocenters. The molecule has 0 bridgehead atoms. The number of para-hydroxylation sites is 1. The SMILES string of the molecule is Cl.c1cncc(C(CCNC2CCNCC2)c2cn(C3CCCCC3)c3ccccc23)c1. The zero-order valence-electron chi connectivity index (χ0n) is 19.0. The molecule has 0 amide bonds. The van der Waals surface area contributed by atoms with E-state index in [4.69, 9.17) is 0 Å². The Morgan fingerprint density at radius 3 is 2.59 bits per heavy atom. The first-order valence-electron chi connectivity index (χ1n) is 12.3. The number of fused-ring (bicyclic) bond motifs is 1. The topological polar surface area (TPSA) is 41.9 Å². The fraction of sp³-hybridized carbons (Fsp3) is 0.519. The second-order valence-electron chi connectivity index (χ2n) is 9.41. The molecule has 4 nitrogen and oxygen atoms in total. The summed E-state index contributed by atoms with van der Waals surface area (Å²) in [5.41, 5.74) is 4.21. The van der Waals surface area contributed by atoms with Gasteiger partial charge in [0.2, 0.25) is 0 Å². The standard InChI is InChI=1S/C27H36N4.ClH/c1-2-8-23(9-3-1)31-20-26(25-10-4-5-11-27(25)31)24(21-7-6-15-29-19-21)14-18-30-22-12-16-28-17-13-22;/h4-7,10-11,15,19-20,22-24,28,30H,1-3,8-9,12-14,16-18H2;1H. The van der Waals surface area contributed by atoms with E-state index in [0.29, 0.717) is 18.0 Å². The molecule has 2 fully saturated rings. The highest BCUT2D eigenvalue weighted by atomic mass is 35.5. The molecule has 2 aromatic heterocycles. The van der Waals surface area contributed by atoms with Gasteiger partial charge in [0.15, 0.2) is 0 Å². The third-order valence-corrected chi connectivity index (χ3v) is 7.41. The van der Waals surface area contributed by atoms with Crippen LogP contribution in [0.4, 0.5) is 0 Å². The maximum absolute atomic E-state index is 4.47. The molecule has 1 saturated heterocycles. The van der Waals surface area contributed by atoms with Crippen LogP contribution in [0.25, 0.3) is 10.9 Å². The van der Waals surface area contributed by atoms with E-state index < -0.39 is 0 Å². The molecule has 2 aliphatic rings. The van der Waals surface area contributed by atoms with Crippen LogP contribution in [-0.4, -0.2) is 35.2 Å². The van der Waals surface area contributed by atoms with E-state index in [1.54, 1.807) is 0 Å². The number of nitrogens with one attached hydrogen (secondary N) is 2. The minimum Gasteiger partial charge on any atom is -0.344 e. The summed E-state index contributed by atoms with van der Waals surface area (Å²) in [5, 5.41) is 8.73. The number of aromatic nitrogens is 2. The average Bonchev–Trinajstić information content (AvgIpc) is 3.23. The van der Waals surface area contributed by atoms with Crippen LogP contribution in [-0.2, 0) is 0 Å². The summed E-state index contributed by atoms with van der Waals surface area (Å²) in [6.07, 6.45) is 16.8. The Morgan fingerprint density at radius 2 is 1.81 bits per heavy atom. The highest BCUT2D eigenvalue weighted by Gasteiger charge is 2.24. The molecule has 32 heavy (non-hydrogen) atoms. The first kappa shape index (κ1) is 23.3. The van der Waals surface area contributed by atoms with Crippen LogP contribution in [0.1, 0.15) is 74.5 Å². The van der Waals surface area contributed by atoms with Gasteiger partial charge >= 0.3 is 0 Å². The predicted molar refractivity (Wildman–Crippen MR) is 136 cm³/mol. The molecule has 1 aliphatic heterocycles. The Kier molecular flexibility index (Phi) is 8.23. The van der Waals surface area contributed by atoms with E-state index in [2.05, 4.69) is 69.0 Å². The molecule has 3 heterocycles. The number of pyridine rings is 1. The van der Waals surface area contributed by atoms with E-state index in [9.17, 15) is 0 Å². The second kappa shape index (κ2) is 11.3. The van der Waals surface area contributed by atoms with Crippen LogP contribution in [0.3, 0.4) is 0 Å². The van der Waals surface area contributed by atoms with E-state index >= 15 is 0 Å². The van der Waals surface area contributed by atoms with Crippen LogP contribution < -0.4 is 10.6 Å². The first-order chi connectivity index (χ1) is 15.4. The molecular weight excluding hydrogens is 416 g/mol. The highest BCUT2D eigenvalue weighted by Crippen LogP contribution is 2.38. The highest BCUT2D eigenvalue weighted by molar-refractivity contribution is 5.85. The molecule has 5 rings (SSSR count). The molecule has 3 aromatic rings. The number of hydrogen-bond donors (Lipinski definition) is 2. The van der Waals surface area contributed by atoms with Crippen molar-refractivity contribution in [1.29, 1.82) is 0 Å². The van der Waals surface area contributed by atoms with Crippen molar-refractivity contribution in [3.8, 4) is 0 Å². The zero-order chi connectivity index (χ0) is 20.9. The lowest BCUT2D eigenvalue weighted by Crippen LogP contribution is -2.40. The molecule has 1 unspecified atom stereocenters. The predicted octanol–water partition coefficient (Wildman–Crippen LogP) is 5.83. The summed E-state index contributed by atoms with van der Waals surface area (Å²) in [4.78, 5) is 4.47. The molecular formula is C27H37ClN4. The van der Waals surface area contributed by atoms with E-state index in [1.165, 1.54) is 67.0 Å². The van der Waals surface area contributed by atoms with Gasteiger partial charge in [0.25, 0.3) is 0 Å². The summed E-state index contributed by atoms with van der Waals surface area (Å²) in [5.74, 6) is 0.373. The second-order valence-corrected chi connectivity index (χ2v) is 9.41. The third-order valence-electron chi connectivity index (χ3n) is 7.41. The van der Waals surface area contributed by atoms with Crippen LogP contribution in [0.2, 0.25) is 0 Å². The van der Waals surface area contributed by atoms with E-state index in [0.717, 1.165) is 26.1 Å². The fourth-order valence-electron chi connectivity index (χ4n) is 5.71. The largest absolute Gasteiger partial charge is 0.344 e. The number of hydrogen-bond acceptors (Lipinski definition) is 3. The lowest BCUT2D eigenvalue weighted by atomic mass is 9.89. The van der Waals surface area contributed by atoms with Gasteiger partial charge in [0.1, 0.15) is 0 Å². The molecule has 0 spiro atoms. The van der Waals surface area contributed by atoms with Gasteiger partial charge < -0.3 is 15.2 Å². The molecule has 0 radical (unpaired) electrons. The normalized spacial score (nSPS) is 19.0. The first-order valence-corrected chi connectivity index (χ1v) is 12.3. The van der Waals surface area contributed by atoms with Gasteiger partial charge in [-0.3, -0.25) is 4.98 Å². The summed E-state index contributed by atoms with van der Waals surface area (Å²) >= 11 is 0. The fourth-order valence-corrected chi connectivity index (χ4v) is 5.71. The summed E-state index contributed by atoms with van der Waals surface area (Å²) in [6, 6.07) is 14.7. The van der Waals surface area contributed by atoms with Crippen molar-refractivity contribution in [1.82, 2.24) is 20.2 Å². The van der Waals surface area contributed by atoms with Crippen molar-refractivity contribution in [2.24, 2.45) is 0 Å². The minimum atomic E-state index is 0. The van der Waals surface area contributed by atoms with Crippen LogP contribution in [0.5, 0.6) is 0 Å². The van der Waals surface area contributed by atoms with Gasteiger partial charge in [0, 0.05) is 47.5 Å². The number of nitrogens with zero attached hydrogens (tertiary/aromatic N) is 2. The van der Waals surface area contributed by atoms with Crippen LogP contribution >= 0.6 is 12.4 Å². The minimum absolute atomic E-state index is 0. The monoisotopic (exact) mass is 452 g/mol. The smallest absolute Gasteiger partial charge is 0.0485 e.